The number of aromatic nitrogens is 4. The molecule has 0 amide bonds. The van der Waals surface area contributed by atoms with Gasteiger partial charge in [0.1, 0.15) is 17.2 Å². The number of nitrogens with zero attached hydrogens (tertiary/aromatic N) is 4. The molecule has 0 aliphatic heterocycles. The maximum atomic E-state index is 14.5. The van der Waals surface area contributed by atoms with Crippen LogP contribution in [0.3, 0.4) is 0 Å². The number of benzene rings is 1. The lowest BCUT2D eigenvalue weighted by Gasteiger charge is -2.36. The Morgan fingerprint density at radius 1 is 1.00 bits per heavy atom. The van der Waals surface area contributed by atoms with E-state index in [-0.39, 0.29) is 17.6 Å². The van der Waals surface area contributed by atoms with Gasteiger partial charge in [-0.2, -0.15) is 4.98 Å². The first-order valence-corrected chi connectivity index (χ1v) is 12.7. The molecule has 2 aliphatic carbocycles. The van der Waals surface area contributed by atoms with Gasteiger partial charge in [0.05, 0.1) is 17.5 Å². The number of fused-ring (bicyclic) bond motifs is 1. The molecule has 35 heavy (non-hydrogen) atoms. The van der Waals surface area contributed by atoms with Gasteiger partial charge >= 0.3 is 0 Å². The zero-order valence-electron chi connectivity index (χ0n) is 20.4. The van der Waals surface area contributed by atoms with E-state index >= 15 is 0 Å². The number of halogens is 2. The summed E-state index contributed by atoms with van der Waals surface area (Å²) in [7, 11) is 0. The van der Waals surface area contributed by atoms with E-state index in [1.54, 1.807) is 6.20 Å². The highest BCUT2D eigenvalue weighted by molar-refractivity contribution is 5.76. The van der Waals surface area contributed by atoms with E-state index in [4.69, 9.17) is 9.97 Å². The van der Waals surface area contributed by atoms with Crippen molar-refractivity contribution in [2.75, 3.05) is 10.6 Å². The summed E-state index contributed by atoms with van der Waals surface area (Å²) in [5.74, 6) is -0.0508. The molecule has 2 fully saturated rings. The lowest BCUT2D eigenvalue weighted by Crippen LogP contribution is -2.34. The van der Waals surface area contributed by atoms with Crippen LogP contribution in [0.2, 0.25) is 0 Å². The molecule has 1 aromatic carbocycles. The third kappa shape index (κ3) is 5.24. The number of anilines is 3. The average Bonchev–Trinajstić information content (AvgIpc) is 3.18. The Balaban J connectivity index is 1.49. The molecular formula is C26H34F2N6O. The number of hydrogen-bond donors (Lipinski definition) is 3. The maximum Gasteiger partial charge on any atom is 0.224 e. The van der Waals surface area contributed by atoms with Gasteiger partial charge in [-0.3, -0.25) is 4.57 Å². The van der Waals surface area contributed by atoms with Gasteiger partial charge in [-0.1, -0.05) is 19.3 Å². The Morgan fingerprint density at radius 2 is 1.74 bits per heavy atom. The van der Waals surface area contributed by atoms with Crippen molar-refractivity contribution >= 4 is 28.7 Å². The van der Waals surface area contributed by atoms with Crippen molar-refractivity contribution in [3.8, 4) is 0 Å². The van der Waals surface area contributed by atoms with Crippen LogP contribution >= 0.6 is 0 Å². The first kappa shape index (κ1) is 23.9. The molecule has 3 N–H and O–H groups in total. The van der Waals surface area contributed by atoms with Gasteiger partial charge in [0.25, 0.3) is 0 Å². The highest BCUT2D eigenvalue weighted by atomic mass is 19.1. The highest BCUT2D eigenvalue weighted by Gasteiger charge is 2.33. The van der Waals surface area contributed by atoms with Gasteiger partial charge in [0.2, 0.25) is 11.9 Å². The summed E-state index contributed by atoms with van der Waals surface area (Å²) >= 11 is 0. The first-order valence-electron chi connectivity index (χ1n) is 12.7. The lowest BCUT2D eigenvalue weighted by atomic mass is 9.77. The maximum absolute atomic E-state index is 14.5. The van der Waals surface area contributed by atoms with Gasteiger partial charge in [0.15, 0.2) is 5.65 Å². The van der Waals surface area contributed by atoms with E-state index in [0.29, 0.717) is 29.1 Å². The quantitative estimate of drug-likeness (QED) is 0.392. The molecule has 188 valence electrons. The van der Waals surface area contributed by atoms with Crippen molar-refractivity contribution < 1.29 is 13.9 Å². The Kier molecular flexibility index (Phi) is 6.61. The normalized spacial score (nSPS) is 21.9. The van der Waals surface area contributed by atoms with Crippen LogP contribution in [0.4, 0.5) is 26.4 Å². The average molecular weight is 485 g/mol. The molecule has 7 nitrogen and oxygen atoms in total. The summed E-state index contributed by atoms with van der Waals surface area (Å²) < 4.78 is 30.0. The summed E-state index contributed by atoms with van der Waals surface area (Å²) in [6.45, 7) is 3.73. The van der Waals surface area contributed by atoms with Crippen LogP contribution in [-0.2, 0) is 0 Å². The molecule has 2 aromatic heterocycles. The summed E-state index contributed by atoms with van der Waals surface area (Å²) in [6.07, 6.45) is 11.0. The third-order valence-corrected chi connectivity index (χ3v) is 7.61. The highest BCUT2D eigenvalue weighted by Crippen LogP contribution is 2.40. The van der Waals surface area contributed by atoms with Crippen molar-refractivity contribution in [2.45, 2.75) is 89.3 Å². The van der Waals surface area contributed by atoms with Crippen LogP contribution in [0.1, 0.15) is 77.7 Å². The molecule has 9 heteroatoms. The van der Waals surface area contributed by atoms with Gasteiger partial charge in [-0.05, 0) is 70.4 Å². The third-order valence-electron chi connectivity index (χ3n) is 7.61. The van der Waals surface area contributed by atoms with Crippen molar-refractivity contribution in [2.24, 2.45) is 5.92 Å². The Bertz CT molecular complexity index is 1180. The first-order chi connectivity index (χ1) is 16.8. The summed E-state index contributed by atoms with van der Waals surface area (Å²) in [5, 5.41) is 17.0. The summed E-state index contributed by atoms with van der Waals surface area (Å²) in [4.78, 5) is 14.0. The molecule has 2 heterocycles. The van der Waals surface area contributed by atoms with Crippen molar-refractivity contribution in [3.63, 3.8) is 0 Å². The van der Waals surface area contributed by atoms with Crippen LogP contribution in [0.25, 0.3) is 11.2 Å². The Hall–Kier alpha value is -2.81. The fraction of sp³-hybridized carbons (Fsp3) is 0.577. The van der Waals surface area contributed by atoms with E-state index in [9.17, 15) is 13.9 Å². The van der Waals surface area contributed by atoms with E-state index in [1.165, 1.54) is 31.4 Å². The van der Waals surface area contributed by atoms with Crippen LogP contribution in [0, 0.1) is 17.6 Å². The molecule has 3 aromatic rings. The molecule has 2 aliphatic rings. The number of imidazole rings is 1. The van der Waals surface area contributed by atoms with E-state index in [2.05, 4.69) is 15.6 Å². The Morgan fingerprint density at radius 3 is 2.43 bits per heavy atom. The molecule has 0 atom stereocenters. The van der Waals surface area contributed by atoms with Gasteiger partial charge in [-0.25, -0.2) is 18.7 Å². The standard InChI is InChI=1S/C26H34F2N6O/c1-26(2,35)16-8-11-19(12-9-16)34-23-22(15-29-24(33-23)30-18-6-4-3-5-7-18)32-25(34)31-21-13-10-17(27)14-20(21)28/h10,13-16,18-19,35H,3-9,11-12H2,1-2H3,(H,31,32)(H,29,30,33). The van der Waals surface area contributed by atoms with Gasteiger partial charge in [0, 0.05) is 18.2 Å². The number of rotatable bonds is 6. The van der Waals surface area contributed by atoms with E-state index < -0.39 is 17.2 Å². The fourth-order valence-electron chi connectivity index (χ4n) is 5.58. The summed E-state index contributed by atoms with van der Waals surface area (Å²) in [6, 6.07) is 3.91. The van der Waals surface area contributed by atoms with Crippen molar-refractivity contribution in [1.29, 1.82) is 0 Å². The molecule has 0 saturated heterocycles. The minimum absolute atomic E-state index is 0.0852. The zero-order chi connectivity index (χ0) is 24.6. The number of aliphatic hydroxyl groups is 1. The minimum Gasteiger partial charge on any atom is -0.390 e. The fourth-order valence-corrected chi connectivity index (χ4v) is 5.58. The predicted molar refractivity (Wildman–Crippen MR) is 133 cm³/mol. The van der Waals surface area contributed by atoms with Crippen molar-refractivity contribution in [3.05, 3.63) is 36.0 Å². The van der Waals surface area contributed by atoms with Crippen LogP contribution in [0.15, 0.2) is 24.4 Å². The zero-order valence-corrected chi connectivity index (χ0v) is 20.4. The topological polar surface area (TPSA) is 87.9 Å². The van der Waals surface area contributed by atoms with Crippen LogP contribution < -0.4 is 10.6 Å². The van der Waals surface area contributed by atoms with E-state index in [0.717, 1.165) is 44.6 Å². The molecule has 0 bridgehead atoms. The lowest BCUT2D eigenvalue weighted by molar-refractivity contribution is -0.00457. The second kappa shape index (κ2) is 9.68. The second-order valence-corrected chi connectivity index (χ2v) is 10.6. The largest absolute Gasteiger partial charge is 0.390 e. The molecular weight excluding hydrogens is 450 g/mol. The van der Waals surface area contributed by atoms with Crippen LogP contribution in [-0.4, -0.2) is 36.3 Å². The number of nitrogens with one attached hydrogen (secondary N) is 2. The molecule has 5 rings (SSSR count). The predicted octanol–water partition coefficient (Wildman–Crippen LogP) is 6.09. The number of hydrogen-bond acceptors (Lipinski definition) is 6. The SMILES string of the molecule is CC(C)(O)C1CCC(n2c(Nc3ccc(F)cc3F)nc3cnc(NC4CCCCC4)nc32)CC1. The molecule has 0 spiro atoms. The smallest absolute Gasteiger partial charge is 0.224 e. The van der Waals surface area contributed by atoms with Crippen LogP contribution in [0.5, 0.6) is 0 Å². The monoisotopic (exact) mass is 484 g/mol. The molecule has 0 radical (unpaired) electrons. The summed E-state index contributed by atoms with van der Waals surface area (Å²) in [5.41, 5.74) is 0.741. The van der Waals surface area contributed by atoms with Gasteiger partial charge < -0.3 is 15.7 Å². The van der Waals surface area contributed by atoms with Gasteiger partial charge in [-0.15, -0.1) is 0 Å². The molecule has 0 unspecified atom stereocenters. The Labute approximate surface area is 204 Å². The second-order valence-electron chi connectivity index (χ2n) is 10.6. The molecule has 2 saturated carbocycles. The minimum atomic E-state index is -0.723. The van der Waals surface area contributed by atoms with Crippen molar-refractivity contribution in [1.82, 2.24) is 19.5 Å². The van der Waals surface area contributed by atoms with E-state index in [1.807, 2.05) is 18.4 Å².